The van der Waals surface area contributed by atoms with Crippen LogP contribution in [0.5, 0.6) is 0 Å². The fraction of sp³-hybridized carbons (Fsp3) is 0. The van der Waals surface area contributed by atoms with Crippen LogP contribution in [0.4, 0.5) is 0 Å². The number of rotatable bonds is 1. The monoisotopic (exact) mass is 391 g/mol. The quantitative estimate of drug-likeness (QED) is 0.285. The van der Waals surface area contributed by atoms with Gasteiger partial charge < -0.3 is 0 Å². The van der Waals surface area contributed by atoms with Gasteiger partial charge in [0.05, 0.1) is 16.8 Å². The second kappa shape index (κ2) is 6.00. The van der Waals surface area contributed by atoms with E-state index < -0.39 is 0 Å². The highest BCUT2D eigenvalue weighted by molar-refractivity contribution is 6.35. The normalized spacial score (nSPS) is 12.4. The maximum Gasteiger partial charge on any atom is 0.196 e. The van der Waals surface area contributed by atoms with Gasteiger partial charge in [0.25, 0.3) is 0 Å². The first kappa shape index (κ1) is 16.5. The molecule has 0 radical (unpaired) electrons. The molecule has 0 fully saturated rings. The Morgan fingerprint density at radius 3 is 2.17 bits per heavy atom. The average molecular weight is 392 g/mol. The van der Waals surface area contributed by atoms with E-state index in [2.05, 4.69) is 18.2 Å². The number of carbonyl (C=O) groups excluding carboxylic acids is 1. The largest absolute Gasteiger partial charge is 0.288 e. The molecular weight excluding hydrogens is 378 g/mol. The minimum atomic E-state index is 0.00727. The highest BCUT2D eigenvalue weighted by Gasteiger charge is 2.33. The van der Waals surface area contributed by atoms with E-state index in [9.17, 15) is 4.79 Å². The van der Waals surface area contributed by atoms with Gasteiger partial charge in [-0.1, -0.05) is 84.4 Å². The zero-order valence-corrected chi connectivity index (χ0v) is 16.1. The Morgan fingerprint density at radius 2 is 1.34 bits per heavy atom. The van der Waals surface area contributed by atoms with Crippen LogP contribution in [0.2, 0.25) is 5.02 Å². The molecule has 0 saturated carbocycles. The van der Waals surface area contributed by atoms with E-state index in [0.717, 1.165) is 43.9 Å². The van der Waals surface area contributed by atoms with Crippen molar-refractivity contribution in [2.75, 3.05) is 0 Å². The number of ketones is 1. The minimum absolute atomic E-state index is 0.00727. The van der Waals surface area contributed by atoms with Gasteiger partial charge in [0.2, 0.25) is 0 Å². The van der Waals surface area contributed by atoms with Gasteiger partial charge >= 0.3 is 0 Å². The number of benzene rings is 4. The molecule has 3 heteroatoms. The Labute approximate surface area is 172 Å². The topological polar surface area (TPSA) is 30.0 Å². The maximum atomic E-state index is 13.5. The summed E-state index contributed by atoms with van der Waals surface area (Å²) in [4.78, 5) is 18.4. The maximum absolute atomic E-state index is 13.5. The molecule has 1 aliphatic carbocycles. The molecule has 29 heavy (non-hydrogen) atoms. The summed E-state index contributed by atoms with van der Waals surface area (Å²) in [6.45, 7) is 0. The molecule has 0 atom stereocenters. The van der Waals surface area contributed by atoms with Crippen LogP contribution in [0.15, 0.2) is 84.9 Å². The van der Waals surface area contributed by atoms with Crippen LogP contribution >= 0.6 is 11.6 Å². The van der Waals surface area contributed by atoms with Crippen molar-refractivity contribution in [3.8, 4) is 22.4 Å². The first-order valence-electron chi connectivity index (χ1n) is 9.48. The predicted octanol–water partition coefficient (Wildman–Crippen LogP) is 6.92. The molecule has 0 aliphatic heterocycles. The molecule has 6 rings (SSSR count). The Hall–Kier alpha value is -3.49. The summed E-state index contributed by atoms with van der Waals surface area (Å²) in [7, 11) is 0. The summed E-state index contributed by atoms with van der Waals surface area (Å²) in [5, 5.41) is 3.84. The molecule has 0 bridgehead atoms. The fourth-order valence-electron chi connectivity index (χ4n) is 4.41. The molecule has 5 aromatic rings. The van der Waals surface area contributed by atoms with Gasteiger partial charge in [0, 0.05) is 27.1 Å². The van der Waals surface area contributed by atoms with E-state index in [0.29, 0.717) is 16.3 Å². The van der Waals surface area contributed by atoms with Crippen molar-refractivity contribution in [1.29, 1.82) is 0 Å². The van der Waals surface area contributed by atoms with Crippen molar-refractivity contribution < 1.29 is 4.79 Å². The Morgan fingerprint density at radius 1 is 0.655 bits per heavy atom. The van der Waals surface area contributed by atoms with Crippen molar-refractivity contribution >= 4 is 39.1 Å². The molecule has 0 N–H and O–H groups in total. The van der Waals surface area contributed by atoms with E-state index in [1.165, 1.54) is 0 Å². The molecule has 0 unspecified atom stereocenters. The SMILES string of the molecule is O=C1c2ccccc2-c2c1c(-c1ccccc1Cl)nc1ccc3ccccc3c21. The number of aromatic nitrogens is 1. The lowest BCUT2D eigenvalue weighted by Gasteiger charge is -2.14. The minimum Gasteiger partial charge on any atom is -0.288 e. The van der Waals surface area contributed by atoms with E-state index in [-0.39, 0.29) is 5.78 Å². The Bertz CT molecular complexity index is 1490. The molecule has 0 saturated heterocycles. The summed E-state index contributed by atoms with van der Waals surface area (Å²) in [5.41, 5.74) is 5.58. The van der Waals surface area contributed by atoms with Crippen molar-refractivity contribution in [2.24, 2.45) is 0 Å². The van der Waals surface area contributed by atoms with Gasteiger partial charge in [-0.2, -0.15) is 0 Å². The number of nitrogens with zero attached hydrogens (tertiary/aromatic N) is 1. The number of halogens is 1. The van der Waals surface area contributed by atoms with Gasteiger partial charge in [0.1, 0.15) is 0 Å². The number of fused-ring (bicyclic) bond motifs is 7. The lowest BCUT2D eigenvalue weighted by Crippen LogP contribution is -2.01. The number of carbonyl (C=O) groups is 1. The summed E-state index contributed by atoms with van der Waals surface area (Å²) in [6, 6.07) is 27.7. The molecular formula is C26H14ClNO. The summed E-state index contributed by atoms with van der Waals surface area (Å²) < 4.78 is 0. The third-order valence-corrected chi connectivity index (χ3v) is 6.00. The van der Waals surface area contributed by atoms with Crippen molar-refractivity contribution in [1.82, 2.24) is 4.98 Å². The predicted molar refractivity (Wildman–Crippen MR) is 119 cm³/mol. The molecule has 4 aromatic carbocycles. The van der Waals surface area contributed by atoms with Crippen LogP contribution in [0.1, 0.15) is 15.9 Å². The van der Waals surface area contributed by atoms with Crippen LogP contribution < -0.4 is 0 Å². The van der Waals surface area contributed by atoms with Crippen LogP contribution in [0.25, 0.3) is 44.1 Å². The Kier molecular flexibility index (Phi) is 3.41. The summed E-state index contributed by atoms with van der Waals surface area (Å²) >= 11 is 6.51. The lowest BCUT2D eigenvalue weighted by molar-refractivity contribution is 0.104. The third kappa shape index (κ3) is 2.24. The van der Waals surface area contributed by atoms with Gasteiger partial charge in [-0.25, -0.2) is 4.98 Å². The number of pyridine rings is 1. The van der Waals surface area contributed by atoms with Crippen LogP contribution in [-0.4, -0.2) is 10.8 Å². The molecule has 1 aliphatic rings. The zero-order valence-electron chi connectivity index (χ0n) is 15.3. The molecule has 0 amide bonds. The van der Waals surface area contributed by atoms with E-state index >= 15 is 0 Å². The highest BCUT2D eigenvalue weighted by atomic mass is 35.5. The Balaban J connectivity index is 1.87. The van der Waals surface area contributed by atoms with E-state index in [1.807, 2.05) is 66.7 Å². The first-order valence-corrected chi connectivity index (χ1v) is 9.86. The van der Waals surface area contributed by atoms with Gasteiger partial charge in [-0.3, -0.25) is 4.79 Å². The van der Waals surface area contributed by atoms with Crippen LogP contribution in [-0.2, 0) is 0 Å². The second-order valence-corrected chi connectivity index (χ2v) is 7.65. The average Bonchev–Trinajstić information content (AvgIpc) is 3.06. The highest BCUT2D eigenvalue weighted by Crippen LogP contribution is 2.47. The summed E-state index contributed by atoms with van der Waals surface area (Å²) in [6.07, 6.45) is 0. The second-order valence-electron chi connectivity index (χ2n) is 7.25. The molecule has 0 spiro atoms. The van der Waals surface area contributed by atoms with Crippen LogP contribution in [0, 0.1) is 0 Å². The fourth-order valence-corrected chi connectivity index (χ4v) is 4.63. The molecule has 136 valence electrons. The van der Waals surface area contributed by atoms with Crippen molar-refractivity contribution in [2.45, 2.75) is 0 Å². The van der Waals surface area contributed by atoms with E-state index in [1.54, 1.807) is 0 Å². The van der Waals surface area contributed by atoms with E-state index in [4.69, 9.17) is 16.6 Å². The lowest BCUT2D eigenvalue weighted by atomic mass is 9.93. The number of hydrogen-bond acceptors (Lipinski definition) is 2. The van der Waals surface area contributed by atoms with Gasteiger partial charge in [-0.15, -0.1) is 0 Å². The first-order chi connectivity index (χ1) is 14.2. The molecule has 1 heterocycles. The number of hydrogen-bond donors (Lipinski definition) is 0. The zero-order chi connectivity index (χ0) is 19.5. The smallest absolute Gasteiger partial charge is 0.196 e. The van der Waals surface area contributed by atoms with Crippen molar-refractivity contribution in [3.05, 3.63) is 101 Å². The van der Waals surface area contributed by atoms with Gasteiger partial charge in [0.15, 0.2) is 5.78 Å². The van der Waals surface area contributed by atoms with Gasteiger partial charge in [-0.05, 0) is 28.5 Å². The van der Waals surface area contributed by atoms with Crippen LogP contribution in [0.3, 0.4) is 0 Å². The standard InChI is InChI=1S/C26H14ClNO/c27-20-12-6-5-11-19(20)25-24-23(17-9-3-4-10-18(17)26(24)29)22-16-8-2-1-7-15(16)13-14-21(22)28-25/h1-14H. The molecule has 1 aromatic heterocycles. The molecule has 2 nitrogen and oxygen atoms in total. The third-order valence-electron chi connectivity index (χ3n) is 5.67. The summed E-state index contributed by atoms with van der Waals surface area (Å²) in [5.74, 6) is 0.00727. The van der Waals surface area contributed by atoms with Crippen molar-refractivity contribution in [3.63, 3.8) is 0 Å².